The second-order valence-electron chi connectivity index (χ2n) is 4.07. The van der Waals surface area contributed by atoms with Crippen molar-refractivity contribution in [3.63, 3.8) is 0 Å². The van der Waals surface area contributed by atoms with Gasteiger partial charge in [-0.3, -0.25) is 0 Å². The predicted molar refractivity (Wildman–Crippen MR) is 68.1 cm³/mol. The topological polar surface area (TPSA) is 60.2 Å². The first-order chi connectivity index (χ1) is 8.88. The number of rotatable bonds is 3. The van der Waals surface area contributed by atoms with Gasteiger partial charge in [0, 0.05) is 0 Å². The van der Waals surface area contributed by atoms with Crippen LogP contribution < -0.4 is 5.73 Å². The minimum absolute atomic E-state index is 0.00821. The Bertz CT molecular complexity index is 697. The van der Waals surface area contributed by atoms with Gasteiger partial charge in [-0.05, 0) is 42.0 Å². The third-order valence-electron chi connectivity index (χ3n) is 2.59. The molecule has 0 aliphatic carbocycles. The summed E-state index contributed by atoms with van der Waals surface area (Å²) in [5, 5.41) is 0. The number of nitrogens with two attached hydrogens (primary N) is 1. The quantitative estimate of drug-likeness (QED) is 0.695. The van der Waals surface area contributed by atoms with Gasteiger partial charge in [-0.15, -0.1) is 0 Å². The van der Waals surface area contributed by atoms with Gasteiger partial charge in [-0.2, -0.15) is 0 Å². The fraction of sp³-hybridized carbons (Fsp3) is 0.0769. The highest BCUT2D eigenvalue weighted by Crippen LogP contribution is 2.19. The molecular formula is C13H11F2NO2S. The molecule has 0 atom stereocenters. The molecule has 0 unspecified atom stereocenters. The summed E-state index contributed by atoms with van der Waals surface area (Å²) in [4.78, 5) is -0.00821. The molecule has 19 heavy (non-hydrogen) atoms. The van der Waals surface area contributed by atoms with Gasteiger partial charge in [0.25, 0.3) is 0 Å². The van der Waals surface area contributed by atoms with Crippen molar-refractivity contribution in [1.82, 2.24) is 0 Å². The second-order valence-corrected chi connectivity index (χ2v) is 6.06. The van der Waals surface area contributed by atoms with Gasteiger partial charge in [0.2, 0.25) is 0 Å². The van der Waals surface area contributed by atoms with E-state index in [1.165, 1.54) is 24.3 Å². The number of halogens is 2. The van der Waals surface area contributed by atoms with Gasteiger partial charge in [0.05, 0.1) is 16.3 Å². The molecule has 2 aromatic rings. The number of anilines is 1. The van der Waals surface area contributed by atoms with E-state index < -0.39 is 21.5 Å². The fourth-order valence-corrected chi connectivity index (χ4v) is 2.94. The Kier molecular flexibility index (Phi) is 3.53. The van der Waals surface area contributed by atoms with Gasteiger partial charge < -0.3 is 5.73 Å². The van der Waals surface area contributed by atoms with Crippen molar-refractivity contribution in [2.24, 2.45) is 0 Å². The smallest absolute Gasteiger partial charge is 0.182 e. The monoisotopic (exact) mass is 283 g/mol. The average Bonchev–Trinajstić information content (AvgIpc) is 2.34. The lowest BCUT2D eigenvalue weighted by atomic mass is 10.2. The molecule has 3 nitrogen and oxygen atoms in total. The Hall–Kier alpha value is -1.95. The molecule has 2 rings (SSSR count). The Balaban J connectivity index is 2.30. The van der Waals surface area contributed by atoms with Crippen LogP contribution in [0.4, 0.5) is 14.5 Å². The summed E-state index contributed by atoms with van der Waals surface area (Å²) in [6.07, 6.45) is 0. The van der Waals surface area contributed by atoms with Crippen molar-refractivity contribution < 1.29 is 17.2 Å². The highest BCUT2D eigenvalue weighted by Gasteiger charge is 2.16. The number of benzene rings is 2. The molecule has 0 saturated heterocycles. The molecule has 0 spiro atoms. The third-order valence-corrected chi connectivity index (χ3v) is 4.30. The van der Waals surface area contributed by atoms with Crippen LogP contribution in [0.25, 0.3) is 0 Å². The lowest BCUT2D eigenvalue weighted by Gasteiger charge is -2.06. The molecule has 2 N–H and O–H groups in total. The first-order valence-corrected chi connectivity index (χ1v) is 7.06. The van der Waals surface area contributed by atoms with E-state index >= 15 is 0 Å². The molecule has 6 heteroatoms. The molecule has 0 bridgehead atoms. The molecule has 0 radical (unpaired) electrons. The van der Waals surface area contributed by atoms with Crippen LogP contribution in [0.15, 0.2) is 47.4 Å². The van der Waals surface area contributed by atoms with Gasteiger partial charge in [-0.25, -0.2) is 17.2 Å². The van der Waals surface area contributed by atoms with E-state index in [4.69, 9.17) is 5.73 Å². The zero-order valence-corrected chi connectivity index (χ0v) is 10.6. The molecular weight excluding hydrogens is 272 g/mol. The predicted octanol–water partition coefficient (Wildman–Crippen LogP) is 2.52. The van der Waals surface area contributed by atoms with Gasteiger partial charge in [0.15, 0.2) is 9.84 Å². The maximum absolute atomic E-state index is 13.2. The van der Waals surface area contributed by atoms with Crippen LogP contribution in [0.1, 0.15) is 5.56 Å². The van der Waals surface area contributed by atoms with Crippen molar-refractivity contribution in [3.8, 4) is 0 Å². The maximum atomic E-state index is 13.2. The van der Waals surface area contributed by atoms with Crippen LogP contribution in [0.5, 0.6) is 0 Å². The summed E-state index contributed by atoms with van der Waals surface area (Å²) in [5.74, 6) is -1.54. The number of nitrogen functional groups attached to an aromatic ring is 1. The minimum Gasteiger partial charge on any atom is -0.396 e. The molecule has 0 amide bonds. The Morgan fingerprint density at radius 1 is 1.00 bits per heavy atom. The van der Waals surface area contributed by atoms with Gasteiger partial charge >= 0.3 is 0 Å². The van der Waals surface area contributed by atoms with Crippen LogP contribution >= 0.6 is 0 Å². The number of hydrogen-bond donors (Lipinski definition) is 1. The van der Waals surface area contributed by atoms with Crippen molar-refractivity contribution in [2.75, 3.05) is 5.73 Å². The van der Waals surface area contributed by atoms with E-state index in [0.29, 0.717) is 0 Å². The number of hydrogen-bond acceptors (Lipinski definition) is 3. The Morgan fingerprint density at radius 3 is 2.21 bits per heavy atom. The maximum Gasteiger partial charge on any atom is 0.182 e. The lowest BCUT2D eigenvalue weighted by molar-refractivity contribution is 0.593. The van der Waals surface area contributed by atoms with Gasteiger partial charge in [0.1, 0.15) is 11.6 Å². The minimum atomic E-state index is -3.63. The standard InChI is InChI=1S/C13H11F2NO2S/c14-10-2-4-11(5-3-10)19(17,18)8-9-1-6-13(16)12(15)7-9/h1-7H,8,16H2. The lowest BCUT2D eigenvalue weighted by Crippen LogP contribution is -2.05. The van der Waals surface area contributed by atoms with Crippen molar-refractivity contribution in [3.05, 3.63) is 59.7 Å². The summed E-state index contributed by atoms with van der Waals surface area (Å²) in [6, 6.07) is 8.32. The fourth-order valence-electron chi connectivity index (χ4n) is 1.61. The first-order valence-electron chi connectivity index (χ1n) is 5.41. The van der Waals surface area contributed by atoms with Gasteiger partial charge in [-0.1, -0.05) is 6.07 Å². The zero-order chi connectivity index (χ0) is 14.0. The first kappa shape index (κ1) is 13.5. The summed E-state index contributed by atoms with van der Waals surface area (Å²) >= 11 is 0. The molecule has 0 aliphatic heterocycles. The zero-order valence-electron chi connectivity index (χ0n) is 9.81. The third kappa shape index (κ3) is 3.08. The average molecular weight is 283 g/mol. The Morgan fingerprint density at radius 2 is 1.63 bits per heavy atom. The van der Waals surface area contributed by atoms with Crippen LogP contribution in [-0.2, 0) is 15.6 Å². The molecule has 100 valence electrons. The van der Waals surface area contributed by atoms with E-state index in [-0.39, 0.29) is 21.9 Å². The molecule has 2 aromatic carbocycles. The summed E-state index contributed by atoms with van der Waals surface area (Å²) in [7, 11) is -3.63. The van der Waals surface area contributed by atoms with Crippen molar-refractivity contribution in [1.29, 1.82) is 0 Å². The van der Waals surface area contributed by atoms with Crippen molar-refractivity contribution >= 4 is 15.5 Å². The van der Waals surface area contributed by atoms with E-state index in [1.54, 1.807) is 0 Å². The van der Waals surface area contributed by atoms with Crippen LogP contribution in [0.3, 0.4) is 0 Å². The highest BCUT2D eigenvalue weighted by molar-refractivity contribution is 7.90. The van der Waals surface area contributed by atoms with Crippen LogP contribution in [0, 0.1) is 11.6 Å². The van der Waals surface area contributed by atoms with Crippen LogP contribution in [-0.4, -0.2) is 8.42 Å². The van der Waals surface area contributed by atoms with E-state index in [9.17, 15) is 17.2 Å². The molecule has 0 aliphatic rings. The summed E-state index contributed by atoms with van der Waals surface area (Å²) in [6.45, 7) is 0. The molecule has 0 heterocycles. The SMILES string of the molecule is Nc1ccc(CS(=O)(=O)c2ccc(F)cc2)cc1F. The largest absolute Gasteiger partial charge is 0.396 e. The highest BCUT2D eigenvalue weighted by atomic mass is 32.2. The van der Waals surface area contributed by atoms with E-state index in [2.05, 4.69) is 0 Å². The molecule has 0 aromatic heterocycles. The Labute approximate surface area is 109 Å². The normalized spacial score (nSPS) is 11.5. The molecule has 0 fully saturated rings. The van der Waals surface area contributed by atoms with Crippen LogP contribution in [0.2, 0.25) is 0 Å². The van der Waals surface area contributed by atoms with Crippen molar-refractivity contribution in [2.45, 2.75) is 10.6 Å². The van der Waals surface area contributed by atoms with E-state index in [1.807, 2.05) is 0 Å². The summed E-state index contributed by atoms with van der Waals surface area (Å²) in [5.41, 5.74) is 5.56. The summed E-state index contributed by atoms with van der Waals surface area (Å²) < 4.78 is 50.0. The molecule has 0 saturated carbocycles. The second kappa shape index (κ2) is 4.97. The number of sulfone groups is 1. The van der Waals surface area contributed by atoms with E-state index in [0.717, 1.165) is 18.2 Å².